The van der Waals surface area contributed by atoms with Gasteiger partial charge in [0.2, 0.25) is 0 Å². The third-order valence-corrected chi connectivity index (χ3v) is 5.69. The number of ether oxygens (including phenoxy) is 2. The van der Waals surface area contributed by atoms with Crippen molar-refractivity contribution in [2.75, 3.05) is 18.1 Å². The topological polar surface area (TPSA) is 72.9 Å². The summed E-state index contributed by atoms with van der Waals surface area (Å²) in [6.45, 7) is 2.14. The van der Waals surface area contributed by atoms with E-state index in [1.807, 2.05) is 0 Å². The fourth-order valence-electron chi connectivity index (χ4n) is 3.32. The fraction of sp³-hybridized carbons (Fsp3) is 0.400. The second-order valence-electron chi connectivity index (χ2n) is 6.47. The molecule has 0 saturated carbocycles. The second kappa shape index (κ2) is 8.96. The monoisotopic (exact) mass is 465 g/mol. The molecule has 0 bridgehead atoms. The fourth-order valence-corrected chi connectivity index (χ4v) is 4.13. The van der Waals surface area contributed by atoms with E-state index in [-0.39, 0.29) is 35.9 Å². The van der Waals surface area contributed by atoms with Gasteiger partial charge in [-0.15, -0.1) is 0 Å². The van der Waals surface area contributed by atoms with Crippen molar-refractivity contribution in [3.05, 3.63) is 39.4 Å². The average Bonchev–Trinajstić information content (AvgIpc) is 2.93. The van der Waals surface area contributed by atoms with E-state index < -0.39 is 0 Å². The molecule has 1 heterocycles. The number of hydrogen-bond donors (Lipinski definition) is 0. The predicted octanol–water partition coefficient (Wildman–Crippen LogP) is 3.84. The summed E-state index contributed by atoms with van der Waals surface area (Å²) < 4.78 is 11.0. The van der Waals surface area contributed by atoms with Gasteiger partial charge in [0.15, 0.2) is 5.05 Å². The van der Waals surface area contributed by atoms with E-state index in [9.17, 15) is 14.4 Å². The Kier molecular flexibility index (Phi) is 6.61. The molecule has 8 heteroatoms. The van der Waals surface area contributed by atoms with E-state index >= 15 is 0 Å². The Morgan fingerprint density at radius 1 is 1.14 bits per heavy atom. The van der Waals surface area contributed by atoms with Crippen LogP contribution in [-0.2, 0) is 23.9 Å². The number of nitrogens with zero attached hydrogens (tertiary/aromatic N) is 1. The lowest BCUT2D eigenvalue weighted by Crippen LogP contribution is -2.31. The van der Waals surface area contributed by atoms with E-state index in [2.05, 4.69) is 15.9 Å². The zero-order valence-corrected chi connectivity index (χ0v) is 17.9. The molecule has 1 aliphatic heterocycles. The molecule has 28 heavy (non-hydrogen) atoms. The summed E-state index contributed by atoms with van der Waals surface area (Å²) >= 11 is 8.74. The molecule has 0 radical (unpaired) electrons. The van der Waals surface area contributed by atoms with E-state index in [4.69, 9.17) is 21.7 Å². The number of carbonyl (C=O) groups excluding carboxylic acids is 3. The van der Waals surface area contributed by atoms with Gasteiger partial charge in [0, 0.05) is 21.2 Å². The molecule has 0 fully saturated rings. The first-order chi connectivity index (χ1) is 13.4. The molecule has 0 N–H and O–H groups in total. The average molecular weight is 466 g/mol. The van der Waals surface area contributed by atoms with Crippen LogP contribution in [0, 0.1) is 0 Å². The second-order valence-corrected chi connectivity index (χ2v) is 7.69. The summed E-state index contributed by atoms with van der Waals surface area (Å²) in [6, 6.07) is 5.08. The molecule has 2 aliphatic rings. The van der Waals surface area contributed by atoms with Gasteiger partial charge in [-0.05, 0) is 63.0 Å². The Bertz CT molecular complexity index is 851. The van der Waals surface area contributed by atoms with Crippen LogP contribution < -0.4 is 4.90 Å². The van der Waals surface area contributed by atoms with Gasteiger partial charge >= 0.3 is 5.97 Å². The minimum absolute atomic E-state index is 0.0883. The molecule has 2 amide bonds. The van der Waals surface area contributed by atoms with Gasteiger partial charge < -0.3 is 9.47 Å². The molecular weight excluding hydrogens is 446 g/mol. The van der Waals surface area contributed by atoms with Crippen LogP contribution in [-0.4, -0.2) is 36.0 Å². The Balaban J connectivity index is 1.75. The van der Waals surface area contributed by atoms with Crippen molar-refractivity contribution in [3.8, 4) is 0 Å². The molecule has 0 spiro atoms. The number of imide groups is 1. The maximum absolute atomic E-state index is 12.7. The van der Waals surface area contributed by atoms with Crippen molar-refractivity contribution < 1.29 is 23.9 Å². The zero-order valence-electron chi connectivity index (χ0n) is 15.5. The molecule has 1 aromatic carbocycles. The first-order valence-corrected chi connectivity index (χ1v) is 10.4. The number of esters is 1. The van der Waals surface area contributed by atoms with Gasteiger partial charge in [0.05, 0.1) is 25.3 Å². The summed E-state index contributed by atoms with van der Waals surface area (Å²) in [5.41, 5.74) is 2.27. The highest BCUT2D eigenvalue weighted by Gasteiger charge is 2.39. The number of amides is 2. The van der Waals surface area contributed by atoms with Crippen LogP contribution in [0.25, 0.3) is 0 Å². The van der Waals surface area contributed by atoms with Crippen LogP contribution in [0.4, 0.5) is 5.69 Å². The van der Waals surface area contributed by atoms with E-state index in [0.717, 1.165) is 12.8 Å². The van der Waals surface area contributed by atoms with Crippen molar-refractivity contribution in [1.29, 1.82) is 0 Å². The largest absolute Gasteiger partial charge is 0.482 e. The van der Waals surface area contributed by atoms with E-state index in [0.29, 0.717) is 46.3 Å². The first-order valence-electron chi connectivity index (χ1n) is 9.17. The SMILES string of the molecule is CCOC(=O)CCOC(=S)c1cc(N2C(=O)C3=C(CCCC3)C2=O)ccc1Br. The Morgan fingerprint density at radius 2 is 1.79 bits per heavy atom. The summed E-state index contributed by atoms with van der Waals surface area (Å²) in [6.07, 6.45) is 3.24. The number of rotatable bonds is 6. The van der Waals surface area contributed by atoms with Gasteiger partial charge in [-0.1, -0.05) is 15.9 Å². The van der Waals surface area contributed by atoms with Crippen LogP contribution in [0.5, 0.6) is 0 Å². The maximum Gasteiger partial charge on any atom is 0.309 e. The van der Waals surface area contributed by atoms with Crippen LogP contribution in [0.1, 0.15) is 44.6 Å². The molecule has 3 rings (SSSR count). The van der Waals surface area contributed by atoms with Crippen LogP contribution >= 0.6 is 28.1 Å². The summed E-state index contributed by atoms with van der Waals surface area (Å²) in [7, 11) is 0. The van der Waals surface area contributed by atoms with Crippen molar-refractivity contribution in [2.24, 2.45) is 0 Å². The van der Waals surface area contributed by atoms with E-state index in [1.165, 1.54) is 4.90 Å². The molecular formula is C20H20BrNO5S. The molecule has 0 aromatic heterocycles. The van der Waals surface area contributed by atoms with Gasteiger partial charge in [0.25, 0.3) is 11.8 Å². The highest BCUT2D eigenvalue weighted by atomic mass is 79.9. The van der Waals surface area contributed by atoms with Crippen LogP contribution in [0.2, 0.25) is 0 Å². The standard InChI is InChI=1S/C20H20BrNO5S/c1-2-26-17(23)9-10-27-20(28)15-11-12(7-8-16(15)21)22-18(24)13-5-3-4-6-14(13)19(22)25/h7-8,11H,2-6,9-10H2,1H3. The Labute approximate surface area is 177 Å². The quantitative estimate of drug-likeness (QED) is 0.361. The van der Waals surface area contributed by atoms with Crippen molar-refractivity contribution in [2.45, 2.75) is 39.0 Å². The predicted molar refractivity (Wildman–Crippen MR) is 111 cm³/mol. The van der Waals surface area contributed by atoms with Gasteiger partial charge in [-0.25, -0.2) is 4.90 Å². The number of halogens is 1. The molecule has 0 atom stereocenters. The molecule has 1 aliphatic carbocycles. The Hall–Kier alpha value is -2.06. The lowest BCUT2D eigenvalue weighted by molar-refractivity contribution is -0.143. The highest BCUT2D eigenvalue weighted by molar-refractivity contribution is 9.10. The maximum atomic E-state index is 12.7. The number of carbonyl (C=O) groups is 3. The number of anilines is 1. The van der Waals surface area contributed by atoms with Crippen molar-refractivity contribution >= 4 is 56.7 Å². The lowest BCUT2D eigenvalue weighted by atomic mass is 9.93. The number of thiocarbonyl (C=S) groups is 1. The molecule has 6 nitrogen and oxygen atoms in total. The first kappa shape index (κ1) is 20.7. The van der Waals surface area contributed by atoms with Gasteiger partial charge in [-0.3, -0.25) is 14.4 Å². The normalized spacial score (nSPS) is 16.3. The van der Waals surface area contributed by atoms with Crippen molar-refractivity contribution in [1.82, 2.24) is 0 Å². The van der Waals surface area contributed by atoms with Crippen molar-refractivity contribution in [3.63, 3.8) is 0 Å². The minimum Gasteiger partial charge on any atom is -0.482 e. The van der Waals surface area contributed by atoms with Crippen LogP contribution in [0.3, 0.4) is 0 Å². The van der Waals surface area contributed by atoms with E-state index in [1.54, 1.807) is 25.1 Å². The molecule has 148 valence electrons. The van der Waals surface area contributed by atoms with Gasteiger partial charge in [-0.2, -0.15) is 0 Å². The summed E-state index contributed by atoms with van der Waals surface area (Å²) in [5.74, 6) is -0.854. The zero-order chi connectivity index (χ0) is 20.3. The molecule has 0 unspecified atom stereocenters. The third-order valence-electron chi connectivity index (χ3n) is 4.66. The highest BCUT2D eigenvalue weighted by Crippen LogP contribution is 2.36. The molecule has 0 saturated heterocycles. The van der Waals surface area contributed by atoms with Crippen LogP contribution in [0.15, 0.2) is 33.8 Å². The van der Waals surface area contributed by atoms with Gasteiger partial charge in [0.1, 0.15) is 0 Å². The third kappa shape index (κ3) is 4.17. The Morgan fingerprint density at radius 3 is 2.39 bits per heavy atom. The lowest BCUT2D eigenvalue weighted by Gasteiger charge is -2.17. The minimum atomic E-state index is -0.358. The summed E-state index contributed by atoms with van der Waals surface area (Å²) in [5, 5.41) is 0.176. The smallest absolute Gasteiger partial charge is 0.309 e. The summed E-state index contributed by atoms with van der Waals surface area (Å²) in [4.78, 5) is 38.1. The number of benzene rings is 1. The molecule has 1 aromatic rings. The number of hydrogen-bond acceptors (Lipinski definition) is 6.